The number of nitrogens with zero attached hydrogens (tertiary/aromatic N) is 4. The summed E-state index contributed by atoms with van der Waals surface area (Å²) >= 11 is 0. The molecular weight excluding hydrogens is 514 g/mol. The van der Waals surface area contributed by atoms with Crippen molar-refractivity contribution < 1.29 is 21.9 Å². The standard InChI is InChI=1S/C26H26F2N6O3S/c1-15-13-34(16(2)11-29-15)25-20-8-17(4-6-22(20)31-14-32-25)18-9-23(26(37-3)30-12-18)33-38(35,36)24-7-5-19(27)10-21(24)28/h4-10,12,14-16,29,33H,11,13H2,1-3H3/t15-,16+/m1/s1. The van der Waals surface area contributed by atoms with E-state index in [-0.39, 0.29) is 17.6 Å². The summed E-state index contributed by atoms with van der Waals surface area (Å²) in [4.78, 5) is 14.8. The van der Waals surface area contributed by atoms with Crippen LogP contribution in [-0.4, -0.2) is 55.7 Å². The number of hydrogen-bond acceptors (Lipinski definition) is 8. The second-order valence-corrected chi connectivity index (χ2v) is 10.9. The van der Waals surface area contributed by atoms with Crippen LogP contribution in [0, 0.1) is 11.6 Å². The van der Waals surface area contributed by atoms with Crippen molar-refractivity contribution in [2.75, 3.05) is 29.8 Å². The molecule has 2 atom stereocenters. The number of ether oxygens (including phenoxy) is 1. The van der Waals surface area contributed by atoms with Crippen molar-refractivity contribution in [1.29, 1.82) is 0 Å². The van der Waals surface area contributed by atoms with E-state index in [1.165, 1.54) is 7.11 Å². The van der Waals surface area contributed by atoms with Crippen LogP contribution in [0.1, 0.15) is 13.8 Å². The highest BCUT2D eigenvalue weighted by molar-refractivity contribution is 7.92. The van der Waals surface area contributed by atoms with Crippen molar-refractivity contribution in [2.24, 2.45) is 0 Å². The topological polar surface area (TPSA) is 109 Å². The van der Waals surface area contributed by atoms with Gasteiger partial charge in [-0.05, 0) is 49.7 Å². The molecule has 0 bridgehead atoms. The first-order valence-corrected chi connectivity index (χ1v) is 13.4. The molecule has 38 heavy (non-hydrogen) atoms. The molecule has 0 radical (unpaired) electrons. The Morgan fingerprint density at radius 3 is 2.63 bits per heavy atom. The van der Waals surface area contributed by atoms with Gasteiger partial charge in [-0.3, -0.25) is 4.72 Å². The summed E-state index contributed by atoms with van der Waals surface area (Å²) in [5.74, 6) is -1.29. The van der Waals surface area contributed by atoms with Crippen molar-refractivity contribution in [2.45, 2.75) is 30.8 Å². The van der Waals surface area contributed by atoms with E-state index in [1.54, 1.807) is 18.6 Å². The molecule has 12 heteroatoms. The Hall–Kier alpha value is -3.90. The van der Waals surface area contributed by atoms with Crippen LogP contribution < -0.4 is 19.7 Å². The fourth-order valence-electron chi connectivity index (χ4n) is 4.51. The third kappa shape index (κ3) is 4.96. The number of anilines is 2. The number of rotatable bonds is 6. The molecule has 2 N–H and O–H groups in total. The Bertz CT molecular complexity index is 1620. The summed E-state index contributed by atoms with van der Waals surface area (Å²) in [6.07, 6.45) is 3.10. The van der Waals surface area contributed by atoms with Crippen LogP contribution >= 0.6 is 0 Å². The number of hydrogen-bond donors (Lipinski definition) is 2. The SMILES string of the molecule is COc1ncc(-c2ccc3ncnc(N4C[C@@H](C)NC[C@@H]4C)c3c2)cc1NS(=O)(=O)c1ccc(F)cc1F. The van der Waals surface area contributed by atoms with Crippen molar-refractivity contribution in [3.05, 3.63) is 66.6 Å². The number of fused-ring (bicyclic) bond motifs is 1. The zero-order valence-electron chi connectivity index (χ0n) is 20.9. The van der Waals surface area contributed by atoms with Crippen LogP contribution in [0.5, 0.6) is 5.88 Å². The van der Waals surface area contributed by atoms with Crippen LogP contribution in [0.4, 0.5) is 20.3 Å². The highest BCUT2D eigenvalue weighted by atomic mass is 32.2. The van der Waals surface area contributed by atoms with Gasteiger partial charge in [-0.1, -0.05) is 6.07 Å². The maximum atomic E-state index is 14.2. The minimum absolute atomic E-state index is 0.00269. The lowest BCUT2D eigenvalue weighted by atomic mass is 10.0. The van der Waals surface area contributed by atoms with E-state index in [0.717, 1.165) is 47.5 Å². The van der Waals surface area contributed by atoms with Gasteiger partial charge in [0.15, 0.2) is 0 Å². The van der Waals surface area contributed by atoms with Crippen LogP contribution in [0.3, 0.4) is 0 Å². The molecule has 198 valence electrons. The van der Waals surface area contributed by atoms with Gasteiger partial charge in [0, 0.05) is 48.4 Å². The molecule has 2 aromatic heterocycles. The maximum absolute atomic E-state index is 14.2. The zero-order valence-corrected chi connectivity index (χ0v) is 21.8. The van der Waals surface area contributed by atoms with Crippen molar-refractivity contribution in [1.82, 2.24) is 20.3 Å². The summed E-state index contributed by atoms with van der Waals surface area (Å²) in [5, 5.41) is 4.31. The molecule has 0 unspecified atom stereocenters. The highest BCUT2D eigenvalue weighted by Crippen LogP contribution is 2.34. The van der Waals surface area contributed by atoms with E-state index in [1.807, 2.05) is 18.2 Å². The first-order chi connectivity index (χ1) is 18.2. The average molecular weight is 541 g/mol. The molecular formula is C26H26F2N6O3S. The summed E-state index contributed by atoms with van der Waals surface area (Å²) in [6, 6.07) is 9.97. The van der Waals surface area contributed by atoms with E-state index in [0.29, 0.717) is 17.7 Å². The Morgan fingerprint density at radius 1 is 1.05 bits per heavy atom. The molecule has 1 saturated heterocycles. The number of pyridine rings is 1. The lowest BCUT2D eigenvalue weighted by molar-refractivity contribution is 0.400. The quantitative estimate of drug-likeness (QED) is 0.378. The van der Waals surface area contributed by atoms with Crippen LogP contribution in [0.2, 0.25) is 0 Å². The summed E-state index contributed by atoms with van der Waals surface area (Å²) in [7, 11) is -3.06. The van der Waals surface area contributed by atoms with Gasteiger partial charge < -0.3 is 15.0 Å². The van der Waals surface area contributed by atoms with E-state index in [9.17, 15) is 17.2 Å². The van der Waals surface area contributed by atoms with Gasteiger partial charge in [-0.25, -0.2) is 32.2 Å². The van der Waals surface area contributed by atoms with E-state index >= 15 is 0 Å². The van der Waals surface area contributed by atoms with E-state index in [4.69, 9.17) is 4.74 Å². The summed E-state index contributed by atoms with van der Waals surface area (Å²) in [5.41, 5.74) is 2.10. The Balaban J connectivity index is 1.55. The molecule has 5 rings (SSSR count). The molecule has 1 aliphatic rings. The minimum atomic E-state index is -4.40. The van der Waals surface area contributed by atoms with Gasteiger partial charge in [0.1, 0.15) is 34.4 Å². The van der Waals surface area contributed by atoms with Gasteiger partial charge >= 0.3 is 0 Å². The van der Waals surface area contributed by atoms with Crippen LogP contribution in [-0.2, 0) is 10.0 Å². The Labute approximate surface area is 218 Å². The Kier molecular flexibility index (Phi) is 6.84. The number of benzene rings is 2. The summed E-state index contributed by atoms with van der Waals surface area (Å²) in [6.45, 7) is 5.86. The lowest BCUT2D eigenvalue weighted by Crippen LogP contribution is -2.54. The molecule has 0 aliphatic carbocycles. The van der Waals surface area contributed by atoms with Crippen molar-refractivity contribution in [3.8, 4) is 17.0 Å². The normalized spacial score (nSPS) is 18.0. The molecule has 0 saturated carbocycles. The first kappa shape index (κ1) is 25.7. The van der Waals surface area contributed by atoms with E-state index in [2.05, 4.69) is 43.7 Å². The number of sulfonamides is 1. The Morgan fingerprint density at radius 2 is 1.87 bits per heavy atom. The highest BCUT2D eigenvalue weighted by Gasteiger charge is 2.26. The first-order valence-electron chi connectivity index (χ1n) is 11.9. The maximum Gasteiger partial charge on any atom is 0.264 e. The molecule has 1 fully saturated rings. The van der Waals surface area contributed by atoms with Crippen LogP contribution in [0.25, 0.3) is 22.0 Å². The van der Waals surface area contributed by atoms with Crippen molar-refractivity contribution in [3.63, 3.8) is 0 Å². The fourth-order valence-corrected chi connectivity index (χ4v) is 5.62. The van der Waals surface area contributed by atoms with Gasteiger partial charge in [0.25, 0.3) is 10.0 Å². The monoisotopic (exact) mass is 540 g/mol. The fraction of sp³-hybridized carbons (Fsp3) is 0.269. The molecule has 0 amide bonds. The van der Waals surface area contributed by atoms with Gasteiger partial charge in [0.05, 0.1) is 12.6 Å². The van der Waals surface area contributed by atoms with Gasteiger partial charge in [-0.15, -0.1) is 0 Å². The summed E-state index contributed by atoms with van der Waals surface area (Å²) < 4.78 is 60.9. The van der Waals surface area contributed by atoms with Crippen LogP contribution in [0.15, 0.2) is 59.9 Å². The third-order valence-electron chi connectivity index (χ3n) is 6.46. The van der Waals surface area contributed by atoms with E-state index < -0.39 is 26.6 Å². The largest absolute Gasteiger partial charge is 0.480 e. The number of nitrogens with one attached hydrogen (secondary N) is 2. The molecule has 0 spiro atoms. The van der Waals surface area contributed by atoms with Gasteiger partial charge in [0.2, 0.25) is 5.88 Å². The average Bonchev–Trinajstić information content (AvgIpc) is 2.89. The third-order valence-corrected chi connectivity index (χ3v) is 7.86. The molecule has 2 aromatic carbocycles. The predicted molar refractivity (Wildman–Crippen MR) is 141 cm³/mol. The second-order valence-electron chi connectivity index (χ2n) is 9.20. The van der Waals surface area contributed by atoms with Crippen molar-refractivity contribution >= 4 is 32.4 Å². The smallest absolute Gasteiger partial charge is 0.264 e. The number of methoxy groups -OCH3 is 1. The molecule has 4 aromatic rings. The lowest BCUT2D eigenvalue weighted by Gasteiger charge is -2.38. The number of piperazine rings is 1. The number of aromatic nitrogens is 3. The van der Waals surface area contributed by atoms with Gasteiger partial charge in [-0.2, -0.15) is 0 Å². The molecule has 9 nitrogen and oxygen atoms in total. The predicted octanol–water partition coefficient (Wildman–Crippen LogP) is 3.97. The molecule has 3 heterocycles. The second kappa shape index (κ2) is 10.1. The molecule has 1 aliphatic heterocycles. The minimum Gasteiger partial charge on any atom is -0.480 e. The number of halogens is 2. The zero-order chi connectivity index (χ0) is 27.0.